The van der Waals surface area contributed by atoms with Crippen molar-refractivity contribution in [3.05, 3.63) is 29.8 Å². The Morgan fingerprint density at radius 2 is 1.86 bits per heavy atom. The van der Waals surface area contributed by atoms with Crippen molar-refractivity contribution in [3.8, 4) is 0 Å². The summed E-state index contributed by atoms with van der Waals surface area (Å²) in [6.45, 7) is 4.71. The first kappa shape index (κ1) is 9.94. The molecule has 1 aliphatic heterocycles. The van der Waals surface area contributed by atoms with E-state index >= 15 is 0 Å². The summed E-state index contributed by atoms with van der Waals surface area (Å²) < 4.78 is 0. The van der Waals surface area contributed by atoms with E-state index in [2.05, 4.69) is 24.0 Å². The second-order valence-electron chi connectivity index (χ2n) is 3.96. The zero-order chi connectivity index (χ0) is 9.97. The molecule has 0 bridgehead atoms. The summed E-state index contributed by atoms with van der Waals surface area (Å²) in [5, 5.41) is 0. The third kappa shape index (κ3) is 1.91. The van der Waals surface area contributed by atoms with E-state index in [0.29, 0.717) is 6.04 Å². The van der Waals surface area contributed by atoms with Crippen LogP contribution in [0, 0.1) is 0 Å². The Morgan fingerprint density at radius 1 is 1.21 bits per heavy atom. The standard InChI is InChI=1S/C12H17NS/c1-10(13-8-4-5-9-13)11-6-2-3-7-12(11)14/h2-3,6-7,10,14H,4-5,8-9H2,1H3/p-1/t10-/m1/s1. The highest BCUT2D eigenvalue weighted by Crippen LogP contribution is 2.26. The van der Waals surface area contributed by atoms with Gasteiger partial charge < -0.3 is 12.6 Å². The van der Waals surface area contributed by atoms with E-state index in [9.17, 15) is 0 Å². The quantitative estimate of drug-likeness (QED) is 0.685. The lowest BCUT2D eigenvalue weighted by molar-refractivity contribution is 0.260. The average Bonchev–Trinajstić information content (AvgIpc) is 2.70. The zero-order valence-electron chi connectivity index (χ0n) is 8.57. The number of rotatable bonds is 2. The maximum absolute atomic E-state index is 5.34. The van der Waals surface area contributed by atoms with Crippen LogP contribution in [0.4, 0.5) is 0 Å². The molecule has 76 valence electrons. The molecule has 0 aliphatic carbocycles. The molecule has 0 unspecified atom stereocenters. The Labute approximate surface area is 91.5 Å². The number of nitrogens with zero attached hydrogens (tertiary/aromatic N) is 1. The van der Waals surface area contributed by atoms with Gasteiger partial charge in [0.2, 0.25) is 0 Å². The average molecular weight is 206 g/mol. The summed E-state index contributed by atoms with van der Waals surface area (Å²) >= 11 is 5.34. The van der Waals surface area contributed by atoms with Gasteiger partial charge in [-0.1, -0.05) is 29.8 Å². The van der Waals surface area contributed by atoms with Gasteiger partial charge >= 0.3 is 0 Å². The van der Waals surface area contributed by atoms with Gasteiger partial charge in [0.25, 0.3) is 0 Å². The number of likely N-dealkylation sites (tertiary alicyclic amines) is 1. The van der Waals surface area contributed by atoms with Crippen LogP contribution in [0.2, 0.25) is 0 Å². The van der Waals surface area contributed by atoms with E-state index in [0.717, 1.165) is 4.90 Å². The van der Waals surface area contributed by atoms with Crippen molar-refractivity contribution < 1.29 is 0 Å². The van der Waals surface area contributed by atoms with Crippen molar-refractivity contribution in [1.29, 1.82) is 0 Å². The van der Waals surface area contributed by atoms with Gasteiger partial charge in [0.1, 0.15) is 0 Å². The third-order valence-corrected chi connectivity index (χ3v) is 3.43. The van der Waals surface area contributed by atoms with E-state index in [1.807, 2.05) is 12.1 Å². The first-order valence-electron chi connectivity index (χ1n) is 5.29. The van der Waals surface area contributed by atoms with Crippen molar-refractivity contribution >= 4 is 12.6 Å². The summed E-state index contributed by atoms with van der Waals surface area (Å²) in [4.78, 5) is 3.53. The molecule has 2 rings (SSSR count). The summed E-state index contributed by atoms with van der Waals surface area (Å²) in [7, 11) is 0. The highest BCUT2D eigenvalue weighted by Gasteiger charge is 2.18. The van der Waals surface area contributed by atoms with Gasteiger partial charge in [0.05, 0.1) is 0 Å². The first-order valence-corrected chi connectivity index (χ1v) is 5.70. The lowest BCUT2D eigenvalue weighted by Crippen LogP contribution is -2.23. The minimum absolute atomic E-state index is 0.492. The van der Waals surface area contributed by atoms with E-state index < -0.39 is 0 Å². The van der Waals surface area contributed by atoms with Crippen molar-refractivity contribution in [2.24, 2.45) is 0 Å². The molecule has 14 heavy (non-hydrogen) atoms. The summed E-state index contributed by atoms with van der Waals surface area (Å²) in [6, 6.07) is 8.77. The fourth-order valence-corrected chi connectivity index (χ4v) is 2.47. The molecule has 1 aromatic carbocycles. The molecule has 1 aromatic rings. The Bertz CT molecular complexity index is 305. The number of hydrogen-bond donors (Lipinski definition) is 0. The molecule has 0 spiro atoms. The van der Waals surface area contributed by atoms with Crippen molar-refractivity contribution in [3.63, 3.8) is 0 Å². The Morgan fingerprint density at radius 3 is 2.50 bits per heavy atom. The summed E-state index contributed by atoms with van der Waals surface area (Å²) in [5.74, 6) is 0. The molecule has 1 atom stereocenters. The first-order chi connectivity index (χ1) is 6.79. The Balaban J connectivity index is 2.17. The van der Waals surface area contributed by atoms with Gasteiger partial charge in [-0.15, -0.1) is 0 Å². The molecule has 1 nitrogen and oxygen atoms in total. The maximum atomic E-state index is 5.34. The monoisotopic (exact) mass is 206 g/mol. The number of benzene rings is 1. The highest BCUT2D eigenvalue weighted by molar-refractivity contribution is 7.58. The Kier molecular flexibility index (Phi) is 3.04. The van der Waals surface area contributed by atoms with Crippen LogP contribution in [0.1, 0.15) is 31.4 Å². The van der Waals surface area contributed by atoms with Crippen LogP contribution in [0.3, 0.4) is 0 Å². The van der Waals surface area contributed by atoms with Crippen LogP contribution in [0.25, 0.3) is 0 Å². The number of hydrogen-bond acceptors (Lipinski definition) is 2. The van der Waals surface area contributed by atoms with Crippen LogP contribution >= 0.6 is 0 Å². The van der Waals surface area contributed by atoms with Gasteiger partial charge in [-0.25, -0.2) is 0 Å². The molecule has 0 radical (unpaired) electrons. The van der Waals surface area contributed by atoms with Gasteiger partial charge in [0, 0.05) is 6.04 Å². The fourth-order valence-electron chi connectivity index (χ4n) is 2.15. The van der Waals surface area contributed by atoms with Crippen LogP contribution < -0.4 is 0 Å². The molecule has 2 heteroatoms. The van der Waals surface area contributed by atoms with Gasteiger partial charge in [-0.05, 0) is 32.9 Å². The van der Waals surface area contributed by atoms with Crippen molar-refractivity contribution in [1.82, 2.24) is 4.90 Å². The fraction of sp³-hybridized carbons (Fsp3) is 0.500. The molecule has 1 fully saturated rings. The van der Waals surface area contributed by atoms with Crippen molar-refractivity contribution in [2.75, 3.05) is 13.1 Å². The lowest BCUT2D eigenvalue weighted by atomic mass is 10.1. The van der Waals surface area contributed by atoms with Crippen molar-refractivity contribution in [2.45, 2.75) is 30.7 Å². The van der Waals surface area contributed by atoms with Gasteiger partial charge in [-0.2, -0.15) is 4.90 Å². The van der Waals surface area contributed by atoms with E-state index in [1.54, 1.807) is 0 Å². The zero-order valence-corrected chi connectivity index (χ0v) is 9.39. The molecule has 1 heterocycles. The third-order valence-electron chi connectivity index (χ3n) is 3.06. The molecule has 1 aliphatic rings. The predicted molar refractivity (Wildman–Crippen MR) is 61.3 cm³/mol. The lowest BCUT2D eigenvalue weighted by Gasteiger charge is -2.28. The van der Waals surface area contributed by atoms with Crippen LogP contribution in [0.15, 0.2) is 29.2 Å². The summed E-state index contributed by atoms with van der Waals surface area (Å²) in [6.07, 6.45) is 2.67. The minimum Gasteiger partial charge on any atom is -0.779 e. The topological polar surface area (TPSA) is 3.24 Å². The molecular formula is C12H16NS-. The second-order valence-corrected chi connectivity index (χ2v) is 4.40. The molecule has 1 saturated heterocycles. The maximum Gasteiger partial charge on any atom is 0.0305 e. The van der Waals surface area contributed by atoms with Crippen LogP contribution in [-0.2, 0) is 12.6 Å². The molecular weight excluding hydrogens is 190 g/mol. The largest absolute Gasteiger partial charge is 0.779 e. The minimum atomic E-state index is 0.492. The SMILES string of the molecule is C[C@H](c1ccccc1[S-])N1CCCC1. The van der Waals surface area contributed by atoms with Gasteiger partial charge in [-0.3, -0.25) is 4.90 Å². The molecule has 0 N–H and O–H groups in total. The van der Waals surface area contributed by atoms with E-state index in [4.69, 9.17) is 12.6 Å². The van der Waals surface area contributed by atoms with Crippen LogP contribution in [0.5, 0.6) is 0 Å². The van der Waals surface area contributed by atoms with E-state index in [-0.39, 0.29) is 0 Å². The van der Waals surface area contributed by atoms with E-state index in [1.165, 1.54) is 31.5 Å². The molecule has 0 amide bonds. The molecule has 0 saturated carbocycles. The molecule has 0 aromatic heterocycles. The normalized spacial score (nSPS) is 19.8. The highest BCUT2D eigenvalue weighted by atomic mass is 32.1. The summed E-state index contributed by atoms with van der Waals surface area (Å²) in [5.41, 5.74) is 1.31. The second kappa shape index (κ2) is 4.28. The van der Waals surface area contributed by atoms with Crippen LogP contribution in [-0.4, -0.2) is 18.0 Å². The predicted octanol–water partition coefficient (Wildman–Crippen LogP) is 2.75. The Hall–Kier alpha value is -0.600. The smallest absolute Gasteiger partial charge is 0.0305 e. The van der Waals surface area contributed by atoms with Gasteiger partial charge in [0.15, 0.2) is 0 Å².